The summed E-state index contributed by atoms with van der Waals surface area (Å²) in [5.41, 5.74) is 1.50. The molecule has 1 aliphatic heterocycles. The van der Waals surface area contributed by atoms with E-state index in [4.69, 9.17) is 0 Å². The van der Waals surface area contributed by atoms with E-state index < -0.39 is 5.92 Å². The van der Waals surface area contributed by atoms with Gasteiger partial charge in [0.2, 0.25) is 11.9 Å². The Bertz CT molecular complexity index is 965. The normalized spacial score (nSPS) is 21.9. The van der Waals surface area contributed by atoms with Gasteiger partial charge in [-0.2, -0.15) is 14.6 Å². The highest BCUT2D eigenvalue weighted by Gasteiger charge is 2.45. The monoisotopic (exact) mass is 447 g/mol. The molecule has 1 saturated heterocycles. The Labute approximate surface area is 185 Å². The van der Waals surface area contributed by atoms with Crippen molar-refractivity contribution in [3.8, 4) is 6.07 Å². The zero-order chi connectivity index (χ0) is 22.1. The first kappa shape index (κ1) is 21.8. The van der Waals surface area contributed by atoms with Gasteiger partial charge in [-0.25, -0.2) is 13.8 Å². The number of nitriles is 1. The molecule has 4 rings (SSSR count). The molecule has 1 aliphatic carbocycles. The number of nitrogens with zero attached hydrogens (tertiary/aromatic N) is 5. The molecule has 0 radical (unpaired) electrons. The largest absolute Gasteiger partial charge is 0.352 e. The number of halogens is 2. The number of hydrogen-bond acceptors (Lipinski definition) is 8. The van der Waals surface area contributed by atoms with Crippen LogP contribution in [-0.4, -0.2) is 45.4 Å². The Morgan fingerprint density at radius 1 is 1.35 bits per heavy atom. The van der Waals surface area contributed by atoms with Crippen LogP contribution in [0, 0.1) is 31.1 Å². The summed E-state index contributed by atoms with van der Waals surface area (Å²) in [7, 11) is 0. The molecule has 166 valence electrons. The molecule has 2 aromatic heterocycles. The standard InChI is InChI=1S/C21H27F2N7S/c1-14-10-25-19(27-17-8-15(2)29-31-17)28-18(14)30-12-20(13-30,6-7-24)26-11-16-4-3-5-21(22,23)9-16/h8,10,16,26H,3-6,9,11-13H2,1-2H3,(H,25,27,28)/t16-/m0/s1. The van der Waals surface area contributed by atoms with Crippen LogP contribution in [0.15, 0.2) is 12.3 Å². The lowest BCUT2D eigenvalue weighted by atomic mass is 9.83. The van der Waals surface area contributed by atoms with E-state index >= 15 is 0 Å². The van der Waals surface area contributed by atoms with E-state index in [0.29, 0.717) is 38.4 Å². The highest BCUT2D eigenvalue weighted by molar-refractivity contribution is 7.10. The van der Waals surface area contributed by atoms with Crippen molar-refractivity contribution in [2.24, 2.45) is 5.92 Å². The molecule has 0 bridgehead atoms. The molecule has 10 heteroatoms. The lowest BCUT2D eigenvalue weighted by Gasteiger charge is -2.51. The number of aromatic nitrogens is 3. The molecule has 0 amide bonds. The van der Waals surface area contributed by atoms with Gasteiger partial charge in [0.25, 0.3) is 0 Å². The van der Waals surface area contributed by atoms with Crippen LogP contribution in [0.2, 0.25) is 0 Å². The van der Waals surface area contributed by atoms with Crippen molar-refractivity contribution in [2.45, 2.75) is 57.4 Å². The van der Waals surface area contributed by atoms with Gasteiger partial charge in [0, 0.05) is 37.7 Å². The maximum atomic E-state index is 13.7. The third-order valence-electron chi connectivity index (χ3n) is 6.02. The molecule has 1 atom stereocenters. The maximum Gasteiger partial charge on any atom is 0.248 e. The van der Waals surface area contributed by atoms with Gasteiger partial charge < -0.3 is 15.5 Å². The van der Waals surface area contributed by atoms with E-state index in [9.17, 15) is 14.0 Å². The first-order valence-electron chi connectivity index (χ1n) is 10.6. The summed E-state index contributed by atoms with van der Waals surface area (Å²) >= 11 is 1.35. The molecule has 0 spiro atoms. The van der Waals surface area contributed by atoms with Crippen molar-refractivity contribution < 1.29 is 8.78 Å². The predicted octanol–water partition coefficient (Wildman–Crippen LogP) is 4.18. The third-order valence-corrected chi connectivity index (χ3v) is 6.82. The number of alkyl halides is 2. The number of aryl methyl sites for hydroxylation is 2. The van der Waals surface area contributed by atoms with Crippen molar-refractivity contribution in [1.29, 1.82) is 5.26 Å². The van der Waals surface area contributed by atoms with Crippen LogP contribution >= 0.6 is 11.5 Å². The topological polar surface area (TPSA) is 89.8 Å². The van der Waals surface area contributed by atoms with E-state index in [2.05, 4.69) is 35.9 Å². The SMILES string of the molecule is Cc1cc(Nc2ncc(C)c(N3CC(CC#N)(NC[C@H]4CCCC(F)(F)C4)C3)n2)sn1. The van der Waals surface area contributed by atoms with E-state index in [1.165, 1.54) is 11.5 Å². The first-order valence-corrected chi connectivity index (χ1v) is 11.3. The van der Waals surface area contributed by atoms with Gasteiger partial charge >= 0.3 is 0 Å². The fourth-order valence-electron chi connectivity index (χ4n) is 4.43. The fraction of sp³-hybridized carbons (Fsp3) is 0.619. The number of anilines is 3. The number of rotatable bonds is 7. The van der Waals surface area contributed by atoms with Gasteiger partial charge in [-0.1, -0.05) is 0 Å². The van der Waals surface area contributed by atoms with E-state index in [1.807, 2.05) is 19.9 Å². The van der Waals surface area contributed by atoms with Crippen molar-refractivity contribution in [1.82, 2.24) is 19.7 Å². The second-order valence-electron chi connectivity index (χ2n) is 8.83. The van der Waals surface area contributed by atoms with Gasteiger partial charge in [0.15, 0.2) is 0 Å². The highest BCUT2D eigenvalue weighted by Crippen LogP contribution is 2.37. The zero-order valence-electron chi connectivity index (χ0n) is 17.8. The lowest BCUT2D eigenvalue weighted by molar-refractivity contribution is -0.0531. The quantitative estimate of drug-likeness (QED) is 0.658. The lowest BCUT2D eigenvalue weighted by Crippen LogP contribution is -2.70. The minimum absolute atomic E-state index is 0.00885. The summed E-state index contributed by atoms with van der Waals surface area (Å²) in [6, 6.07) is 4.20. The smallest absolute Gasteiger partial charge is 0.248 e. The van der Waals surface area contributed by atoms with E-state index in [-0.39, 0.29) is 24.3 Å². The second-order valence-corrected chi connectivity index (χ2v) is 9.63. The van der Waals surface area contributed by atoms with Gasteiger partial charge in [-0.05, 0) is 56.8 Å². The van der Waals surface area contributed by atoms with Crippen LogP contribution in [0.25, 0.3) is 0 Å². The summed E-state index contributed by atoms with van der Waals surface area (Å²) in [6.45, 7) is 5.63. The molecule has 0 aromatic carbocycles. The van der Waals surface area contributed by atoms with Crippen LogP contribution in [0.4, 0.5) is 25.5 Å². The average Bonchev–Trinajstić information content (AvgIpc) is 3.09. The van der Waals surface area contributed by atoms with E-state index in [0.717, 1.165) is 28.5 Å². The highest BCUT2D eigenvalue weighted by atomic mass is 32.1. The molecular weight excluding hydrogens is 420 g/mol. The maximum absolute atomic E-state index is 13.7. The van der Waals surface area contributed by atoms with Crippen LogP contribution in [0.1, 0.15) is 43.4 Å². The first-order chi connectivity index (χ1) is 14.8. The summed E-state index contributed by atoms with van der Waals surface area (Å²) in [5.74, 6) is -1.29. The molecule has 0 unspecified atom stereocenters. The van der Waals surface area contributed by atoms with Crippen molar-refractivity contribution >= 4 is 28.3 Å². The zero-order valence-corrected chi connectivity index (χ0v) is 18.6. The van der Waals surface area contributed by atoms with Crippen LogP contribution < -0.4 is 15.5 Å². The molecule has 7 nitrogen and oxygen atoms in total. The van der Waals surface area contributed by atoms with Gasteiger partial charge in [0.05, 0.1) is 23.7 Å². The molecule has 2 aliphatic rings. The Hall–Kier alpha value is -2.38. The van der Waals surface area contributed by atoms with Crippen LogP contribution in [-0.2, 0) is 0 Å². The van der Waals surface area contributed by atoms with Crippen LogP contribution in [0.3, 0.4) is 0 Å². The minimum atomic E-state index is -2.56. The van der Waals surface area contributed by atoms with Crippen molar-refractivity contribution in [3.05, 3.63) is 23.5 Å². The molecule has 2 fully saturated rings. The van der Waals surface area contributed by atoms with Gasteiger partial charge in [-0.15, -0.1) is 0 Å². The second kappa shape index (κ2) is 8.63. The molecule has 2 aromatic rings. The molecular formula is C21H27F2N7S. The molecule has 31 heavy (non-hydrogen) atoms. The Kier molecular flexibility index (Phi) is 6.08. The summed E-state index contributed by atoms with van der Waals surface area (Å²) in [5, 5.41) is 16.9. The fourth-order valence-corrected chi connectivity index (χ4v) is 5.08. The Morgan fingerprint density at radius 3 is 2.84 bits per heavy atom. The summed E-state index contributed by atoms with van der Waals surface area (Å²) in [6.07, 6.45) is 3.41. The summed E-state index contributed by atoms with van der Waals surface area (Å²) in [4.78, 5) is 11.1. The average molecular weight is 448 g/mol. The van der Waals surface area contributed by atoms with Crippen molar-refractivity contribution in [3.63, 3.8) is 0 Å². The predicted molar refractivity (Wildman–Crippen MR) is 117 cm³/mol. The summed E-state index contributed by atoms with van der Waals surface area (Å²) < 4.78 is 31.7. The number of hydrogen-bond donors (Lipinski definition) is 2. The van der Waals surface area contributed by atoms with Crippen molar-refractivity contribution in [2.75, 3.05) is 29.9 Å². The minimum Gasteiger partial charge on any atom is -0.352 e. The number of nitrogens with one attached hydrogen (secondary N) is 2. The molecule has 3 heterocycles. The molecule has 1 saturated carbocycles. The Balaban J connectivity index is 1.40. The third kappa shape index (κ3) is 5.10. The molecule has 2 N–H and O–H groups in total. The van der Waals surface area contributed by atoms with Gasteiger partial charge in [-0.3, -0.25) is 0 Å². The van der Waals surface area contributed by atoms with Crippen LogP contribution in [0.5, 0.6) is 0 Å². The Morgan fingerprint density at radius 2 is 2.16 bits per heavy atom. The van der Waals surface area contributed by atoms with Gasteiger partial charge in [0.1, 0.15) is 10.8 Å². The van der Waals surface area contributed by atoms with E-state index in [1.54, 1.807) is 6.20 Å².